The first kappa shape index (κ1) is 24.5. The molecular formula is C9H9Br6O7P. The topological polar surface area (TPSA) is 96.0 Å². The van der Waals surface area contributed by atoms with Gasteiger partial charge in [-0.05, 0) is 0 Å². The third-order valence-electron chi connectivity index (χ3n) is 1.78. The Morgan fingerprint density at radius 1 is 0.696 bits per heavy atom. The van der Waals surface area contributed by atoms with Crippen molar-refractivity contribution in [1.82, 2.24) is 0 Å². The zero-order valence-electron chi connectivity index (χ0n) is 10.9. The van der Waals surface area contributed by atoms with Crippen LogP contribution in [-0.2, 0) is 32.5 Å². The Morgan fingerprint density at radius 2 is 0.913 bits per heavy atom. The van der Waals surface area contributed by atoms with Gasteiger partial charge in [-0.2, -0.15) is 4.57 Å². The number of hydrogen-bond acceptors (Lipinski definition) is 7. The number of halogens is 6. The SMILES string of the molecule is O=C(OP(=O)(OC(=O)C(Br)CBr)OC(=O)C(Br)CBr)C(Br)CBr. The maximum absolute atomic E-state index is 12.5. The first-order valence-electron chi connectivity index (χ1n) is 5.50. The number of carbonyl (C=O) groups excluding carboxylic acids is 3. The third-order valence-corrected chi connectivity index (χ3v) is 9.63. The van der Waals surface area contributed by atoms with Crippen LogP contribution in [0.25, 0.3) is 0 Å². The highest BCUT2D eigenvalue weighted by molar-refractivity contribution is 9.13. The highest BCUT2D eigenvalue weighted by Gasteiger charge is 2.42. The molecule has 0 heterocycles. The number of phosphoric ester groups is 1. The van der Waals surface area contributed by atoms with E-state index < -0.39 is 40.2 Å². The van der Waals surface area contributed by atoms with Crippen LogP contribution in [0.15, 0.2) is 0 Å². The minimum Gasteiger partial charge on any atom is -0.351 e. The fraction of sp³-hybridized carbons (Fsp3) is 0.667. The van der Waals surface area contributed by atoms with Gasteiger partial charge >= 0.3 is 25.7 Å². The first-order chi connectivity index (χ1) is 10.6. The van der Waals surface area contributed by atoms with E-state index in [1.54, 1.807) is 0 Å². The summed E-state index contributed by atoms with van der Waals surface area (Å²) in [4.78, 5) is 32.6. The summed E-state index contributed by atoms with van der Waals surface area (Å²) in [5, 5.41) is 0.413. The molecule has 0 fully saturated rings. The largest absolute Gasteiger partial charge is 0.653 e. The molecule has 0 spiro atoms. The van der Waals surface area contributed by atoms with Crippen LogP contribution in [0.5, 0.6) is 0 Å². The normalized spacial score (nSPS) is 17.3. The molecule has 0 amide bonds. The van der Waals surface area contributed by atoms with Gasteiger partial charge in [-0.3, -0.25) is 14.4 Å². The van der Waals surface area contributed by atoms with Gasteiger partial charge in [0.15, 0.2) is 0 Å². The van der Waals surface area contributed by atoms with E-state index in [9.17, 15) is 18.9 Å². The molecule has 0 aliphatic rings. The molecule has 0 rings (SSSR count). The van der Waals surface area contributed by atoms with Crippen LogP contribution in [0.1, 0.15) is 0 Å². The molecule has 0 aliphatic carbocycles. The van der Waals surface area contributed by atoms with Crippen molar-refractivity contribution in [3.8, 4) is 0 Å². The highest BCUT2D eigenvalue weighted by Crippen LogP contribution is 2.51. The summed E-state index contributed by atoms with van der Waals surface area (Å²) in [7, 11) is -4.79. The van der Waals surface area contributed by atoms with E-state index in [0.29, 0.717) is 0 Å². The Hall–Kier alpha value is 1.52. The summed E-state index contributed by atoms with van der Waals surface area (Å²) in [6, 6.07) is 0. The molecule has 0 aliphatic heterocycles. The zero-order chi connectivity index (χ0) is 18.2. The van der Waals surface area contributed by atoms with Gasteiger partial charge in [0, 0.05) is 16.0 Å². The second-order valence-corrected chi connectivity index (χ2v) is 10.2. The standard InChI is InChI=1S/C9H9Br6O7P/c10-1-4(13)7(16)20-23(19,21-8(17)5(14)2-11)22-9(18)6(15)3-12/h4-6H,1-3H2. The Bertz CT molecular complexity index is 422. The maximum Gasteiger partial charge on any atom is 0.653 e. The number of carbonyl (C=O) groups is 3. The summed E-state index contributed by atoms with van der Waals surface area (Å²) >= 11 is 17.9. The molecule has 3 atom stereocenters. The van der Waals surface area contributed by atoms with Crippen LogP contribution in [0.2, 0.25) is 0 Å². The predicted octanol–water partition coefficient (Wildman–Crippen LogP) is 4.20. The van der Waals surface area contributed by atoms with Crippen molar-refractivity contribution in [2.45, 2.75) is 14.5 Å². The van der Waals surface area contributed by atoms with Crippen LogP contribution >= 0.6 is 103 Å². The molecule has 0 radical (unpaired) electrons. The van der Waals surface area contributed by atoms with Gasteiger partial charge in [0.1, 0.15) is 14.5 Å². The fourth-order valence-electron chi connectivity index (χ4n) is 0.747. The van der Waals surface area contributed by atoms with Gasteiger partial charge in [-0.25, -0.2) is 0 Å². The molecule has 0 aromatic heterocycles. The number of alkyl halides is 6. The molecule has 0 aromatic rings. The number of hydrogen-bond donors (Lipinski definition) is 0. The minimum absolute atomic E-state index is 0.138. The second-order valence-electron chi connectivity index (χ2n) is 3.54. The highest BCUT2D eigenvalue weighted by atomic mass is 79.9. The van der Waals surface area contributed by atoms with Crippen molar-refractivity contribution < 1.29 is 32.5 Å². The van der Waals surface area contributed by atoms with E-state index in [4.69, 9.17) is 0 Å². The zero-order valence-corrected chi connectivity index (χ0v) is 21.3. The molecule has 14 heteroatoms. The van der Waals surface area contributed by atoms with Gasteiger partial charge in [0.05, 0.1) is 0 Å². The van der Waals surface area contributed by atoms with Crippen molar-refractivity contribution in [2.24, 2.45) is 0 Å². The van der Waals surface area contributed by atoms with E-state index >= 15 is 0 Å². The smallest absolute Gasteiger partial charge is 0.351 e. The monoisotopic (exact) mass is 734 g/mol. The van der Waals surface area contributed by atoms with Gasteiger partial charge in [0.25, 0.3) is 0 Å². The molecule has 0 aromatic carbocycles. The Morgan fingerprint density at radius 3 is 1.09 bits per heavy atom. The van der Waals surface area contributed by atoms with Crippen LogP contribution < -0.4 is 0 Å². The molecule has 0 bridgehead atoms. The lowest BCUT2D eigenvalue weighted by Gasteiger charge is -2.19. The van der Waals surface area contributed by atoms with Gasteiger partial charge in [-0.15, -0.1) is 0 Å². The Kier molecular flexibility index (Phi) is 12.8. The van der Waals surface area contributed by atoms with Crippen molar-refractivity contribution in [1.29, 1.82) is 0 Å². The van der Waals surface area contributed by atoms with E-state index in [0.717, 1.165) is 0 Å². The number of rotatable bonds is 9. The summed E-state index contributed by atoms with van der Waals surface area (Å²) in [6.45, 7) is 0. The van der Waals surface area contributed by atoms with E-state index in [1.807, 2.05) is 0 Å². The molecule has 3 unspecified atom stereocenters. The molecular weight excluding hydrogens is 730 g/mol. The van der Waals surface area contributed by atoms with Crippen molar-refractivity contribution in [3.63, 3.8) is 0 Å². The van der Waals surface area contributed by atoms with Crippen LogP contribution in [-0.4, -0.2) is 48.4 Å². The summed E-state index contributed by atoms with van der Waals surface area (Å²) in [5.41, 5.74) is 0. The van der Waals surface area contributed by atoms with Gasteiger partial charge < -0.3 is 13.6 Å². The van der Waals surface area contributed by atoms with Crippen molar-refractivity contribution >= 4 is 121 Å². The van der Waals surface area contributed by atoms with Gasteiger partial charge in [0.2, 0.25) is 0 Å². The summed E-state index contributed by atoms with van der Waals surface area (Å²) in [6.07, 6.45) is 0. The van der Waals surface area contributed by atoms with Crippen molar-refractivity contribution in [2.75, 3.05) is 16.0 Å². The average Bonchev–Trinajstić information content (AvgIpc) is 2.51. The summed E-state index contributed by atoms with van der Waals surface area (Å²) < 4.78 is 26.3. The van der Waals surface area contributed by atoms with Crippen LogP contribution in [0, 0.1) is 0 Å². The van der Waals surface area contributed by atoms with E-state index in [-0.39, 0.29) is 16.0 Å². The fourth-order valence-corrected chi connectivity index (χ4v) is 3.41. The lowest BCUT2D eigenvalue weighted by Crippen LogP contribution is -2.25. The first-order valence-corrected chi connectivity index (χ1v) is 13.1. The molecule has 134 valence electrons. The lowest BCUT2D eigenvalue weighted by molar-refractivity contribution is -0.143. The van der Waals surface area contributed by atoms with E-state index in [2.05, 4.69) is 109 Å². The summed E-state index contributed by atoms with van der Waals surface area (Å²) in [5.74, 6) is -3.08. The molecule has 0 N–H and O–H groups in total. The quantitative estimate of drug-likeness (QED) is 0.259. The molecule has 0 saturated carbocycles. The van der Waals surface area contributed by atoms with Crippen LogP contribution in [0.3, 0.4) is 0 Å². The number of phosphoric acid groups is 1. The Labute approximate surface area is 182 Å². The average molecular weight is 740 g/mol. The third kappa shape index (κ3) is 9.14. The lowest BCUT2D eigenvalue weighted by atomic mass is 10.5. The van der Waals surface area contributed by atoms with E-state index in [1.165, 1.54) is 0 Å². The van der Waals surface area contributed by atoms with Crippen LogP contribution in [0.4, 0.5) is 0 Å². The molecule has 0 saturated heterocycles. The maximum atomic E-state index is 12.5. The molecule has 23 heavy (non-hydrogen) atoms. The minimum atomic E-state index is -4.79. The molecule has 7 nitrogen and oxygen atoms in total. The van der Waals surface area contributed by atoms with Crippen molar-refractivity contribution in [3.05, 3.63) is 0 Å². The van der Waals surface area contributed by atoms with Gasteiger partial charge in [-0.1, -0.05) is 95.6 Å². The second kappa shape index (κ2) is 12.0. The Balaban J connectivity index is 5.26. The predicted molar refractivity (Wildman–Crippen MR) is 105 cm³/mol.